The van der Waals surface area contributed by atoms with Crippen LogP contribution in [0.5, 0.6) is 0 Å². The number of aromatic amines is 1. The smallest absolute Gasteiger partial charge is 0.239 e. The maximum Gasteiger partial charge on any atom is 0.239 e. The van der Waals surface area contributed by atoms with Crippen molar-refractivity contribution in [2.24, 2.45) is 0 Å². The number of ether oxygens (including phenoxy) is 1. The van der Waals surface area contributed by atoms with Crippen LogP contribution < -0.4 is 5.32 Å². The minimum Gasteiger partial charge on any atom is -0.379 e. The summed E-state index contributed by atoms with van der Waals surface area (Å²) < 4.78 is 4.35. The lowest BCUT2D eigenvalue weighted by atomic mass is 9.91. The molecule has 2 aliphatic heterocycles. The lowest BCUT2D eigenvalue weighted by Crippen LogP contribution is -2.48. The molecule has 224 valence electrons. The Morgan fingerprint density at radius 2 is 1.81 bits per heavy atom. The standard InChI is InChI=1S/C33H34Cl2N4O3S/c34-24-7-4-6-23(18-24)22-39-30(40)20-33(43-26-8-2-1-3-9-26,32(41)36-12-5-13-38-14-16-42-17-15-38)31(39)28-21-37-29-19-25(35)10-11-27(28)29/h1-4,6-11,18-19,21,31,37H,5,12-17,20,22H2,(H,36,41)/t31?,33-/m0/s1. The number of carbonyl (C=O) groups excluding carboxylic acids is 2. The van der Waals surface area contributed by atoms with E-state index in [1.54, 1.807) is 0 Å². The van der Waals surface area contributed by atoms with E-state index in [9.17, 15) is 9.59 Å². The molecule has 10 heteroatoms. The summed E-state index contributed by atoms with van der Waals surface area (Å²) >= 11 is 14.1. The lowest BCUT2D eigenvalue weighted by Gasteiger charge is -2.36. The molecule has 0 radical (unpaired) electrons. The number of halogens is 2. The number of hydrogen-bond acceptors (Lipinski definition) is 5. The number of benzene rings is 3. The summed E-state index contributed by atoms with van der Waals surface area (Å²) in [6.07, 6.45) is 2.79. The number of likely N-dealkylation sites (tertiary alicyclic amines) is 1. The Kier molecular flexibility index (Phi) is 9.31. The molecular weight excluding hydrogens is 603 g/mol. The van der Waals surface area contributed by atoms with E-state index >= 15 is 0 Å². The number of thioether (sulfide) groups is 1. The van der Waals surface area contributed by atoms with Gasteiger partial charge in [0.1, 0.15) is 4.75 Å². The van der Waals surface area contributed by atoms with Gasteiger partial charge in [-0.25, -0.2) is 0 Å². The second-order valence-corrected chi connectivity index (χ2v) is 13.3. The Morgan fingerprint density at radius 1 is 1.02 bits per heavy atom. The van der Waals surface area contributed by atoms with Crippen molar-refractivity contribution in [1.82, 2.24) is 20.1 Å². The Labute approximate surface area is 265 Å². The van der Waals surface area contributed by atoms with Gasteiger partial charge in [-0.15, -0.1) is 11.8 Å². The van der Waals surface area contributed by atoms with Crippen LogP contribution in [0.1, 0.15) is 30.0 Å². The van der Waals surface area contributed by atoms with Crippen LogP contribution in [-0.4, -0.2) is 70.7 Å². The van der Waals surface area contributed by atoms with Crippen LogP contribution in [-0.2, 0) is 20.9 Å². The van der Waals surface area contributed by atoms with Crippen molar-refractivity contribution in [1.29, 1.82) is 0 Å². The summed E-state index contributed by atoms with van der Waals surface area (Å²) in [4.78, 5) is 37.0. The quantitative estimate of drug-likeness (QED) is 0.199. The monoisotopic (exact) mass is 636 g/mol. The highest BCUT2D eigenvalue weighted by molar-refractivity contribution is 8.01. The molecule has 6 rings (SSSR count). The van der Waals surface area contributed by atoms with E-state index in [-0.39, 0.29) is 18.2 Å². The fraction of sp³-hybridized carbons (Fsp3) is 0.333. The lowest BCUT2D eigenvalue weighted by molar-refractivity contribution is -0.129. The van der Waals surface area contributed by atoms with Crippen molar-refractivity contribution < 1.29 is 14.3 Å². The molecule has 2 amide bonds. The van der Waals surface area contributed by atoms with Gasteiger partial charge in [-0.3, -0.25) is 14.5 Å². The summed E-state index contributed by atoms with van der Waals surface area (Å²) in [5, 5.41) is 5.38. The summed E-state index contributed by atoms with van der Waals surface area (Å²) in [5.41, 5.74) is 2.64. The van der Waals surface area contributed by atoms with E-state index in [0.717, 1.165) is 66.2 Å². The fourth-order valence-corrected chi connectivity index (χ4v) is 7.94. The minimum atomic E-state index is -1.12. The normalized spacial score (nSPS) is 21.0. The number of carbonyl (C=O) groups is 2. The van der Waals surface area contributed by atoms with Gasteiger partial charge in [0.2, 0.25) is 11.8 Å². The van der Waals surface area contributed by atoms with Crippen LogP contribution in [0, 0.1) is 0 Å². The average Bonchev–Trinajstić information content (AvgIpc) is 3.53. The highest BCUT2D eigenvalue weighted by Crippen LogP contribution is 2.54. The second-order valence-electron chi connectivity index (χ2n) is 11.0. The predicted octanol–water partition coefficient (Wildman–Crippen LogP) is 6.32. The molecule has 4 aromatic rings. The maximum absolute atomic E-state index is 14.5. The SMILES string of the molecule is O=C1C[C@@](Sc2ccccc2)(C(=O)NCCCN2CCOCC2)C(c2c[nH]c3cc(Cl)ccc23)N1Cc1cccc(Cl)c1. The third kappa shape index (κ3) is 6.59. The Balaban J connectivity index is 1.38. The molecule has 0 bridgehead atoms. The highest BCUT2D eigenvalue weighted by Gasteiger charge is 2.58. The van der Waals surface area contributed by atoms with Crippen molar-refractivity contribution in [2.75, 3.05) is 39.4 Å². The van der Waals surface area contributed by atoms with Gasteiger partial charge in [0.15, 0.2) is 0 Å². The zero-order valence-electron chi connectivity index (χ0n) is 23.7. The molecule has 0 aliphatic carbocycles. The van der Waals surface area contributed by atoms with E-state index in [4.69, 9.17) is 27.9 Å². The Hall–Kier alpha value is -3.01. The van der Waals surface area contributed by atoms with E-state index in [0.29, 0.717) is 23.1 Å². The molecule has 2 saturated heterocycles. The number of morpholine rings is 1. The highest BCUT2D eigenvalue weighted by atomic mass is 35.5. The first-order valence-corrected chi connectivity index (χ1v) is 16.1. The van der Waals surface area contributed by atoms with Gasteiger partial charge in [-0.1, -0.05) is 59.6 Å². The van der Waals surface area contributed by atoms with Crippen molar-refractivity contribution in [3.05, 3.63) is 100 Å². The molecule has 7 nitrogen and oxygen atoms in total. The number of H-pyrrole nitrogens is 1. The number of nitrogens with one attached hydrogen (secondary N) is 2. The van der Waals surface area contributed by atoms with Gasteiger partial charge in [0.25, 0.3) is 0 Å². The number of rotatable bonds is 10. The number of hydrogen-bond donors (Lipinski definition) is 2. The molecule has 2 aliphatic rings. The van der Waals surface area contributed by atoms with Crippen molar-refractivity contribution in [3.63, 3.8) is 0 Å². The average molecular weight is 638 g/mol. The first-order chi connectivity index (χ1) is 20.9. The molecule has 3 aromatic carbocycles. The van der Waals surface area contributed by atoms with Crippen LogP contribution in [0.15, 0.2) is 83.9 Å². The van der Waals surface area contributed by atoms with Crippen LogP contribution in [0.25, 0.3) is 10.9 Å². The molecule has 2 atom stereocenters. The Bertz CT molecular complexity index is 1590. The van der Waals surface area contributed by atoms with Crippen molar-refractivity contribution in [3.8, 4) is 0 Å². The molecule has 3 heterocycles. The second kappa shape index (κ2) is 13.3. The van der Waals surface area contributed by atoms with Crippen LogP contribution >= 0.6 is 35.0 Å². The molecular formula is C33H34Cl2N4O3S. The maximum atomic E-state index is 14.5. The summed E-state index contributed by atoms with van der Waals surface area (Å²) in [6.45, 7) is 5.02. The fourth-order valence-electron chi connectivity index (χ4n) is 6.12. The van der Waals surface area contributed by atoms with Gasteiger partial charge in [-0.2, -0.15) is 0 Å². The Morgan fingerprint density at radius 3 is 2.60 bits per heavy atom. The van der Waals surface area contributed by atoms with Gasteiger partial charge < -0.3 is 19.9 Å². The van der Waals surface area contributed by atoms with E-state index in [2.05, 4.69) is 15.2 Å². The van der Waals surface area contributed by atoms with E-state index in [1.165, 1.54) is 11.8 Å². The zero-order chi connectivity index (χ0) is 29.8. The number of amides is 2. The first-order valence-electron chi connectivity index (χ1n) is 14.6. The van der Waals surface area contributed by atoms with Gasteiger partial charge >= 0.3 is 0 Å². The summed E-state index contributed by atoms with van der Waals surface area (Å²) in [7, 11) is 0. The molecule has 2 N–H and O–H groups in total. The third-order valence-electron chi connectivity index (χ3n) is 8.17. The molecule has 0 spiro atoms. The van der Waals surface area contributed by atoms with Gasteiger partial charge in [-0.05, 0) is 54.9 Å². The largest absolute Gasteiger partial charge is 0.379 e. The molecule has 1 aromatic heterocycles. The zero-order valence-corrected chi connectivity index (χ0v) is 26.1. The first kappa shape index (κ1) is 30.0. The minimum absolute atomic E-state index is 0.0629. The predicted molar refractivity (Wildman–Crippen MR) is 173 cm³/mol. The topological polar surface area (TPSA) is 77.7 Å². The third-order valence-corrected chi connectivity index (χ3v) is 10.1. The van der Waals surface area contributed by atoms with Crippen molar-refractivity contribution >= 4 is 57.7 Å². The summed E-state index contributed by atoms with van der Waals surface area (Å²) in [6, 6.07) is 22.5. The molecule has 43 heavy (non-hydrogen) atoms. The van der Waals surface area contributed by atoms with Gasteiger partial charge in [0.05, 0.1) is 25.7 Å². The van der Waals surface area contributed by atoms with Crippen molar-refractivity contribution in [2.45, 2.75) is 35.1 Å². The number of nitrogens with zero attached hydrogens (tertiary/aromatic N) is 2. The number of aromatic nitrogens is 1. The van der Waals surface area contributed by atoms with Crippen LogP contribution in [0.4, 0.5) is 0 Å². The van der Waals surface area contributed by atoms with E-state index in [1.807, 2.05) is 83.9 Å². The van der Waals surface area contributed by atoms with E-state index < -0.39 is 10.8 Å². The summed E-state index contributed by atoms with van der Waals surface area (Å²) in [5.74, 6) is -0.223. The van der Waals surface area contributed by atoms with Gasteiger partial charge in [0, 0.05) is 63.8 Å². The molecule has 1 unspecified atom stereocenters. The van der Waals surface area contributed by atoms with Crippen LogP contribution in [0.3, 0.4) is 0 Å². The molecule has 0 saturated carbocycles. The number of fused-ring (bicyclic) bond motifs is 1. The van der Waals surface area contributed by atoms with Crippen LogP contribution in [0.2, 0.25) is 10.0 Å². The molecule has 2 fully saturated rings.